The number of aliphatic hydroxyl groups excluding tert-OH is 2. The molecule has 2 atom stereocenters. The molecule has 0 fully saturated rings. The Morgan fingerprint density at radius 3 is 0.816 bits per heavy atom. The van der Waals surface area contributed by atoms with Crippen LogP contribution in [0.25, 0.3) is 0 Å². The van der Waals surface area contributed by atoms with Crippen LogP contribution in [0.15, 0.2) is 36.5 Å². The van der Waals surface area contributed by atoms with Crippen LogP contribution in [0.4, 0.5) is 0 Å². The number of carbonyl (C=O) groups is 2. The number of aliphatic hydroxyl groups is 2. The van der Waals surface area contributed by atoms with Crippen molar-refractivity contribution in [1.29, 1.82) is 0 Å². The molecular formula is C81H155NO5. The van der Waals surface area contributed by atoms with Crippen LogP contribution in [0.3, 0.4) is 0 Å². The Bertz CT molecular complexity index is 1410. The molecule has 0 aromatic rings. The highest BCUT2D eigenvalue weighted by Crippen LogP contribution is 2.19. The van der Waals surface area contributed by atoms with Crippen molar-refractivity contribution in [2.45, 2.75) is 456 Å². The average molecular weight is 1220 g/mol. The third-order valence-electron chi connectivity index (χ3n) is 18.6. The summed E-state index contributed by atoms with van der Waals surface area (Å²) in [5.74, 6) is -0.0475. The molecule has 0 bridgehead atoms. The normalized spacial score (nSPS) is 12.6. The van der Waals surface area contributed by atoms with Crippen LogP contribution in [0.2, 0.25) is 0 Å². The van der Waals surface area contributed by atoms with E-state index in [1.165, 1.54) is 372 Å². The number of hydrogen-bond acceptors (Lipinski definition) is 5. The largest absolute Gasteiger partial charge is 0.466 e. The zero-order valence-electron chi connectivity index (χ0n) is 59.0. The molecule has 6 nitrogen and oxygen atoms in total. The maximum absolute atomic E-state index is 12.6. The van der Waals surface area contributed by atoms with Gasteiger partial charge in [-0.05, 0) is 83.5 Å². The molecule has 0 rings (SSSR count). The highest BCUT2D eigenvalue weighted by atomic mass is 16.5. The molecule has 0 aliphatic rings. The fraction of sp³-hybridized carbons (Fsp3) is 0.901. The minimum Gasteiger partial charge on any atom is -0.466 e. The number of nitrogens with one attached hydrogen (secondary N) is 1. The molecule has 514 valence electrons. The van der Waals surface area contributed by atoms with Crippen molar-refractivity contribution < 1.29 is 24.5 Å². The summed E-state index contributed by atoms with van der Waals surface area (Å²) in [6, 6.07) is -0.628. The van der Waals surface area contributed by atoms with Crippen LogP contribution in [0.1, 0.15) is 444 Å². The first-order valence-corrected chi connectivity index (χ1v) is 39.8. The summed E-state index contributed by atoms with van der Waals surface area (Å²) < 4.78 is 5.51. The van der Waals surface area contributed by atoms with Crippen molar-refractivity contribution in [1.82, 2.24) is 5.32 Å². The molecule has 0 aromatic heterocycles. The van der Waals surface area contributed by atoms with Gasteiger partial charge in [0.25, 0.3) is 0 Å². The van der Waals surface area contributed by atoms with Crippen molar-refractivity contribution in [3.63, 3.8) is 0 Å². The van der Waals surface area contributed by atoms with E-state index in [1.54, 1.807) is 6.08 Å². The summed E-state index contributed by atoms with van der Waals surface area (Å²) in [6.07, 6.45) is 99.8. The van der Waals surface area contributed by atoms with Crippen molar-refractivity contribution in [2.24, 2.45) is 0 Å². The second kappa shape index (κ2) is 76.5. The van der Waals surface area contributed by atoms with Gasteiger partial charge < -0.3 is 20.3 Å². The molecule has 0 aromatic carbocycles. The van der Waals surface area contributed by atoms with Crippen molar-refractivity contribution in [3.05, 3.63) is 36.5 Å². The van der Waals surface area contributed by atoms with E-state index < -0.39 is 12.1 Å². The summed E-state index contributed by atoms with van der Waals surface area (Å²) in [7, 11) is 0. The monoisotopic (exact) mass is 1220 g/mol. The average Bonchev–Trinajstić information content (AvgIpc) is 3.53. The van der Waals surface area contributed by atoms with Gasteiger partial charge in [-0.2, -0.15) is 0 Å². The third kappa shape index (κ3) is 73.0. The predicted octanol–water partition coefficient (Wildman–Crippen LogP) is 26.2. The fourth-order valence-electron chi connectivity index (χ4n) is 12.6. The van der Waals surface area contributed by atoms with Crippen LogP contribution in [0.5, 0.6) is 0 Å². The minimum atomic E-state index is -0.845. The van der Waals surface area contributed by atoms with Crippen molar-refractivity contribution in [2.75, 3.05) is 13.2 Å². The Balaban J connectivity index is 3.39. The van der Waals surface area contributed by atoms with Gasteiger partial charge in [-0.3, -0.25) is 9.59 Å². The molecule has 87 heavy (non-hydrogen) atoms. The highest BCUT2D eigenvalue weighted by molar-refractivity contribution is 5.76. The van der Waals surface area contributed by atoms with E-state index in [4.69, 9.17) is 4.74 Å². The lowest BCUT2D eigenvalue weighted by Gasteiger charge is -2.20. The Kier molecular flexibility index (Phi) is 74.8. The summed E-state index contributed by atoms with van der Waals surface area (Å²) in [5.41, 5.74) is 0. The van der Waals surface area contributed by atoms with Crippen LogP contribution in [-0.2, 0) is 14.3 Å². The van der Waals surface area contributed by atoms with Gasteiger partial charge in [-0.25, -0.2) is 0 Å². The summed E-state index contributed by atoms with van der Waals surface area (Å²) in [5, 5.41) is 23.3. The maximum Gasteiger partial charge on any atom is 0.305 e. The van der Waals surface area contributed by atoms with Crippen LogP contribution >= 0.6 is 0 Å². The van der Waals surface area contributed by atoms with Gasteiger partial charge in [-0.15, -0.1) is 0 Å². The van der Waals surface area contributed by atoms with Crippen molar-refractivity contribution >= 4 is 11.9 Å². The highest BCUT2D eigenvalue weighted by Gasteiger charge is 2.18. The van der Waals surface area contributed by atoms with Gasteiger partial charge in [-0.1, -0.05) is 384 Å². The summed E-state index contributed by atoms with van der Waals surface area (Å²) in [4.78, 5) is 24.7. The quantitative estimate of drug-likeness (QED) is 0.0320. The lowest BCUT2D eigenvalue weighted by molar-refractivity contribution is -0.143. The lowest BCUT2D eigenvalue weighted by atomic mass is 10.0. The van der Waals surface area contributed by atoms with E-state index >= 15 is 0 Å². The molecule has 0 aliphatic carbocycles. The van der Waals surface area contributed by atoms with Gasteiger partial charge in [0.1, 0.15) is 0 Å². The first-order chi connectivity index (χ1) is 43.0. The second-order valence-corrected chi connectivity index (χ2v) is 27.4. The Morgan fingerprint density at radius 2 is 0.540 bits per heavy atom. The van der Waals surface area contributed by atoms with E-state index in [2.05, 4.69) is 43.5 Å². The second-order valence-electron chi connectivity index (χ2n) is 27.4. The number of carbonyl (C=O) groups excluding carboxylic acids is 2. The van der Waals surface area contributed by atoms with E-state index in [-0.39, 0.29) is 18.5 Å². The Labute approximate surface area is 544 Å². The Hall–Kier alpha value is -1.92. The SMILES string of the molecule is CCCCCCCC/C=C\CCCCCCCCCC(=O)OCCCCCCCCCCCCCC/C=C\CCCCCCCCCCCCCCCCC(=O)NC(CO)C(O)/C=C/CCCCCCCCCCCCCCCCCCCCCCC. The van der Waals surface area contributed by atoms with E-state index in [9.17, 15) is 19.8 Å². The topological polar surface area (TPSA) is 95.9 Å². The zero-order valence-corrected chi connectivity index (χ0v) is 59.0. The lowest BCUT2D eigenvalue weighted by Crippen LogP contribution is -2.45. The number of unbranched alkanes of at least 4 members (excludes halogenated alkanes) is 60. The minimum absolute atomic E-state index is 0.0143. The fourth-order valence-corrected chi connectivity index (χ4v) is 12.6. The van der Waals surface area contributed by atoms with Crippen molar-refractivity contribution in [3.8, 4) is 0 Å². The molecule has 2 unspecified atom stereocenters. The zero-order chi connectivity index (χ0) is 62.8. The first-order valence-electron chi connectivity index (χ1n) is 39.8. The van der Waals surface area contributed by atoms with Crippen LogP contribution in [-0.4, -0.2) is 47.4 Å². The molecule has 0 heterocycles. The van der Waals surface area contributed by atoms with E-state index in [0.29, 0.717) is 19.4 Å². The number of esters is 1. The van der Waals surface area contributed by atoms with Gasteiger partial charge in [0.05, 0.1) is 25.4 Å². The summed E-state index contributed by atoms with van der Waals surface area (Å²) >= 11 is 0. The summed E-state index contributed by atoms with van der Waals surface area (Å²) in [6.45, 7) is 4.95. The van der Waals surface area contributed by atoms with Crippen LogP contribution in [0, 0.1) is 0 Å². The number of amides is 1. The molecule has 3 N–H and O–H groups in total. The van der Waals surface area contributed by atoms with E-state index in [1.807, 2.05) is 6.08 Å². The molecule has 0 saturated heterocycles. The number of ether oxygens (including phenoxy) is 1. The molecule has 0 saturated carbocycles. The van der Waals surface area contributed by atoms with E-state index in [0.717, 1.165) is 44.9 Å². The van der Waals surface area contributed by atoms with Gasteiger partial charge in [0, 0.05) is 12.8 Å². The van der Waals surface area contributed by atoms with Gasteiger partial charge in [0.2, 0.25) is 5.91 Å². The standard InChI is InChI=1S/C81H155NO5/c1-3-5-7-9-11-13-15-17-19-21-22-23-32-35-38-42-45-49-53-57-61-65-69-73-79(84)78(77-83)82-80(85)74-70-66-62-58-54-50-46-43-39-36-33-30-28-26-24-25-27-29-31-34-37-40-44-48-52-56-60-64-68-72-76-87-81(86)75-71-67-63-59-55-51-47-41-20-18-16-14-12-10-8-6-4-2/h18,20,25,27,69,73,78-79,83-84H,3-17,19,21-24,26,28-68,70-72,74-77H2,1-2H3,(H,82,85)/b20-18-,27-25-,73-69+. The number of hydrogen-bond donors (Lipinski definition) is 3. The van der Waals surface area contributed by atoms with Gasteiger partial charge >= 0.3 is 5.97 Å². The number of rotatable bonds is 75. The predicted molar refractivity (Wildman–Crippen MR) is 384 cm³/mol. The van der Waals surface area contributed by atoms with Crippen LogP contribution < -0.4 is 5.32 Å². The molecule has 0 aliphatic heterocycles. The maximum atomic E-state index is 12.6. The third-order valence-corrected chi connectivity index (χ3v) is 18.6. The molecule has 0 radical (unpaired) electrons. The molecular weight excluding hydrogens is 1070 g/mol. The Morgan fingerprint density at radius 1 is 0.310 bits per heavy atom. The van der Waals surface area contributed by atoms with Gasteiger partial charge in [0.15, 0.2) is 0 Å². The first kappa shape index (κ1) is 85.1. The molecule has 0 spiro atoms. The smallest absolute Gasteiger partial charge is 0.305 e. The molecule has 1 amide bonds. The molecule has 6 heteroatoms. The number of allylic oxidation sites excluding steroid dienone is 5.